The lowest BCUT2D eigenvalue weighted by Gasteiger charge is -2.33. The number of rotatable bonds is 7. The average Bonchev–Trinajstić information content (AvgIpc) is 3.16. The van der Waals surface area contributed by atoms with Crippen molar-refractivity contribution in [2.24, 2.45) is 0 Å². The fourth-order valence-corrected chi connectivity index (χ4v) is 5.23. The Labute approximate surface area is 192 Å². The molecule has 0 bridgehead atoms. The highest BCUT2D eigenvalue weighted by Crippen LogP contribution is 2.28. The monoisotopic (exact) mass is 470 g/mol. The van der Waals surface area contributed by atoms with Crippen LogP contribution < -0.4 is 5.32 Å². The summed E-state index contributed by atoms with van der Waals surface area (Å²) in [6.45, 7) is 4.73. The summed E-state index contributed by atoms with van der Waals surface area (Å²) in [5.74, 6) is -0.107. The van der Waals surface area contributed by atoms with Crippen LogP contribution in [0.5, 0.6) is 0 Å². The lowest BCUT2D eigenvalue weighted by Crippen LogP contribution is -2.48. The van der Waals surface area contributed by atoms with E-state index in [1.165, 1.54) is 29.2 Å². The Hall–Kier alpha value is -2.59. The normalized spacial score (nSPS) is 16.0. The number of hydrogen-bond acceptors (Lipinski definition) is 7. The molecule has 0 spiro atoms. The Bertz CT molecular complexity index is 1210. The van der Waals surface area contributed by atoms with E-state index < -0.39 is 9.84 Å². The second-order valence-corrected chi connectivity index (χ2v) is 10.9. The van der Waals surface area contributed by atoms with E-state index in [0.29, 0.717) is 17.2 Å². The first-order valence-corrected chi connectivity index (χ1v) is 13.1. The fraction of sp³-hybridized carbons (Fsp3) is 0.304. The third kappa shape index (κ3) is 6.01. The molecular weight excluding hydrogens is 444 g/mol. The number of nitrogens with zero attached hydrogens (tertiary/aromatic N) is 3. The highest BCUT2D eigenvalue weighted by atomic mass is 32.2. The van der Waals surface area contributed by atoms with Crippen LogP contribution in [0.4, 0.5) is 5.13 Å². The standard InChI is InChI=1S/C23H26N4O3S2/c1-32(29,30)19-9-10-20-21(16-19)31-23(24-20)25-22(28)17-27-14-12-26(13-15-27)11-5-8-18-6-3-2-4-7-18/h2-10,16H,11-15,17H2,1H3,(H,24,25,28)/b8-5+. The molecule has 0 radical (unpaired) electrons. The molecule has 1 saturated heterocycles. The Kier molecular flexibility index (Phi) is 7.00. The van der Waals surface area contributed by atoms with Crippen LogP contribution in [0.3, 0.4) is 0 Å². The van der Waals surface area contributed by atoms with Crippen molar-refractivity contribution < 1.29 is 13.2 Å². The number of hydrogen-bond donors (Lipinski definition) is 1. The molecule has 4 rings (SSSR count). The average molecular weight is 471 g/mol. The zero-order valence-electron chi connectivity index (χ0n) is 17.9. The van der Waals surface area contributed by atoms with Crippen LogP contribution in [0.25, 0.3) is 16.3 Å². The number of amides is 1. The highest BCUT2D eigenvalue weighted by molar-refractivity contribution is 7.90. The van der Waals surface area contributed by atoms with E-state index in [1.54, 1.807) is 12.1 Å². The molecule has 1 aliphatic heterocycles. The van der Waals surface area contributed by atoms with E-state index in [1.807, 2.05) is 18.2 Å². The minimum absolute atomic E-state index is 0.107. The summed E-state index contributed by atoms with van der Waals surface area (Å²) in [7, 11) is -3.28. The number of nitrogens with one attached hydrogen (secondary N) is 1. The topological polar surface area (TPSA) is 82.6 Å². The van der Waals surface area contributed by atoms with Crippen molar-refractivity contribution in [3.63, 3.8) is 0 Å². The van der Waals surface area contributed by atoms with Gasteiger partial charge in [0.2, 0.25) is 5.91 Å². The van der Waals surface area contributed by atoms with E-state index >= 15 is 0 Å². The molecule has 0 atom stereocenters. The molecule has 9 heteroatoms. The van der Waals surface area contributed by atoms with Crippen LogP contribution in [0.15, 0.2) is 59.5 Å². The molecule has 1 amide bonds. The van der Waals surface area contributed by atoms with Gasteiger partial charge in [-0.2, -0.15) is 0 Å². The third-order valence-corrected chi connectivity index (χ3v) is 7.38. The lowest BCUT2D eigenvalue weighted by molar-refractivity contribution is -0.117. The number of carbonyl (C=O) groups excluding carboxylic acids is 1. The molecule has 7 nitrogen and oxygen atoms in total. The molecule has 3 aromatic rings. The van der Waals surface area contributed by atoms with Crippen molar-refractivity contribution in [3.8, 4) is 0 Å². The SMILES string of the molecule is CS(=O)(=O)c1ccc2nc(NC(=O)CN3CCN(C/C=C/c4ccccc4)CC3)sc2c1. The summed E-state index contributed by atoms with van der Waals surface area (Å²) in [5, 5.41) is 3.34. The van der Waals surface area contributed by atoms with Gasteiger partial charge in [-0.05, 0) is 23.8 Å². The lowest BCUT2D eigenvalue weighted by atomic mass is 10.2. The molecule has 1 fully saturated rings. The third-order valence-electron chi connectivity index (χ3n) is 5.34. The van der Waals surface area contributed by atoms with E-state index in [2.05, 4.69) is 44.4 Å². The van der Waals surface area contributed by atoms with Gasteiger partial charge in [-0.1, -0.05) is 53.8 Å². The van der Waals surface area contributed by atoms with Gasteiger partial charge in [-0.3, -0.25) is 14.6 Å². The van der Waals surface area contributed by atoms with E-state index in [0.717, 1.165) is 37.4 Å². The summed E-state index contributed by atoms with van der Waals surface area (Å²) in [6, 6.07) is 15.1. The van der Waals surface area contributed by atoms with E-state index in [9.17, 15) is 13.2 Å². The van der Waals surface area contributed by atoms with Crippen molar-refractivity contribution in [1.82, 2.24) is 14.8 Å². The van der Waals surface area contributed by atoms with Crippen molar-refractivity contribution in [1.29, 1.82) is 0 Å². The second kappa shape index (κ2) is 9.91. The maximum atomic E-state index is 12.5. The van der Waals surface area contributed by atoms with Crippen LogP contribution in [-0.4, -0.2) is 74.6 Å². The molecule has 32 heavy (non-hydrogen) atoms. The summed E-state index contributed by atoms with van der Waals surface area (Å²) >= 11 is 1.28. The number of fused-ring (bicyclic) bond motifs is 1. The summed E-state index contributed by atoms with van der Waals surface area (Å²) in [5.41, 5.74) is 1.88. The number of sulfone groups is 1. The molecule has 0 unspecified atom stereocenters. The molecular formula is C23H26N4O3S2. The zero-order valence-corrected chi connectivity index (χ0v) is 19.5. The molecule has 0 saturated carbocycles. The number of carbonyl (C=O) groups is 1. The quantitative estimate of drug-likeness (QED) is 0.572. The number of benzene rings is 2. The van der Waals surface area contributed by atoms with Crippen LogP contribution in [-0.2, 0) is 14.6 Å². The predicted octanol–water partition coefficient (Wildman–Crippen LogP) is 2.97. The first-order valence-electron chi connectivity index (χ1n) is 10.4. The Morgan fingerprint density at radius 1 is 1.09 bits per heavy atom. The number of anilines is 1. The fourth-order valence-electron chi connectivity index (χ4n) is 3.58. The smallest absolute Gasteiger partial charge is 0.240 e. The summed E-state index contributed by atoms with van der Waals surface area (Å²) in [4.78, 5) is 21.7. The van der Waals surface area contributed by atoms with Crippen LogP contribution in [0.1, 0.15) is 5.56 Å². The molecule has 1 aromatic heterocycles. The minimum Gasteiger partial charge on any atom is -0.301 e. The van der Waals surface area contributed by atoms with Gasteiger partial charge in [0.25, 0.3) is 0 Å². The van der Waals surface area contributed by atoms with Gasteiger partial charge in [0.15, 0.2) is 15.0 Å². The number of thiazole rings is 1. The largest absolute Gasteiger partial charge is 0.301 e. The molecule has 1 N–H and O–H groups in total. The van der Waals surface area contributed by atoms with Gasteiger partial charge in [-0.25, -0.2) is 13.4 Å². The van der Waals surface area contributed by atoms with Crippen LogP contribution in [0, 0.1) is 0 Å². The van der Waals surface area contributed by atoms with Crippen molar-refractivity contribution in [2.75, 3.05) is 50.8 Å². The van der Waals surface area contributed by atoms with E-state index in [4.69, 9.17) is 0 Å². The Morgan fingerprint density at radius 2 is 1.81 bits per heavy atom. The zero-order chi connectivity index (χ0) is 22.6. The van der Waals surface area contributed by atoms with Crippen molar-refractivity contribution in [3.05, 3.63) is 60.2 Å². The van der Waals surface area contributed by atoms with E-state index in [-0.39, 0.29) is 10.8 Å². The molecule has 2 heterocycles. The van der Waals surface area contributed by atoms with Gasteiger partial charge < -0.3 is 5.32 Å². The van der Waals surface area contributed by atoms with Gasteiger partial charge in [0.05, 0.1) is 21.7 Å². The van der Waals surface area contributed by atoms with Crippen LogP contribution >= 0.6 is 11.3 Å². The van der Waals surface area contributed by atoms with Crippen LogP contribution in [0.2, 0.25) is 0 Å². The van der Waals surface area contributed by atoms with Gasteiger partial charge in [0, 0.05) is 39.0 Å². The molecule has 168 valence electrons. The number of piperazine rings is 1. The Morgan fingerprint density at radius 3 is 2.53 bits per heavy atom. The minimum atomic E-state index is -3.28. The predicted molar refractivity (Wildman–Crippen MR) is 130 cm³/mol. The number of aromatic nitrogens is 1. The van der Waals surface area contributed by atoms with Crippen molar-refractivity contribution in [2.45, 2.75) is 4.90 Å². The second-order valence-electron chi connectivity index (χ2n) is 7.86. The van der Waals surface area contributed by atoms with Gasteiger partial charge >= 0.3 is 0 Å². The van der Waals surface area contributed by atoms with Gasteiger partial charge in [0.1, 0.15) is 0 Å². The first-order chi connectivity index (χ1) is 15.4. The summed E-state index contributed by atoms with van der Waals surface area (Å²) in [6.07, 6.45) is 5.49. The first kappa shape index (κ1) is 22.6. The highest BCUT2D eigenvalue weighted by Gasteiger charge is 2.19. The van der Waals surface area contributed by atoms with Crippen molar-refractivity contribution >= 4 is 48.5 Å². The maximum absolute atomic E-state index is 12.5. The molecule has 1 aliphatic rings. The maximum Gasteiger partial charge on any atom is 0.240 e. The summed E-state index contributed by atoms with van der Waals surface area (Å²) < 4.78 is 24.2. The van der Waals surface area contributed by atoms with Gasteiger partial charge in [-0.15, -0.1) is 0 Å². The Balaban J connectivity index is 1.25. The molecule has 2 aromatic carbocycles. The molecule has 0 aliphatic carbocycles.